The summed E-state index contributed by atoms with van der Waals surface area (Å²) in [4.78, 5) is 14.6. The minimum Gasteiger partial charge on any atom is -0.478 e. The van der Waals surface area contributed by atoms with Gasteiger partial charge in [-0.15, -0.1) is 0 Å². The van der Waals surface area contributed by atoms with Crippen molar-refractivity contribution in [2.75, 3.05) is 0 Å². The van der Waals surface area contributed by atoms with E-state index in [1.807, 2.05) is 0 Å². The van der Waals surface area contributed by atoms with Gasteiger partial charge >= 0.3 is 5.97 Å². The van der Waals surface area contributed by atoms with Crippen LogP contribution < -0.4 is 0 Å². The van der Waals surface area contributed by atoms with Gasteiger partial charge in [-0.05, 0) is 17.7 Å². The van der Waals surface area contributed by atoms with Gasteiger partial charge in [0.15, 0.2) is 0 Å². The van der Waals surface area contributed by atoms with Crippen LogP contribution in [-0.4, -0.2) is 16.1 Å². The Morgan fingerprint density at radius 3 is 2.53 bits per heavy atom. The molecule has 0 atom stereocenters. The first-order chi connectivity index (χ1) is 7.19. The SMILES string of the molecule is C=C/C=C(\C=C)c1ccc(C(=O)O)cn1. The molecule has 0 aliphatic rings. The van der Waals surface area contributed by atoms with E-state index in [0.29, 0.717) is 5.69 Å². The van der Waals surface area contributed by atoms with Gasteiger partial charge in [0.2, 0.25) is 0 Å². The van der Waals surface area contributed by atoms with Crippen molar-refractivity contribution in [3.63, 3.8) is 0 Å². The molecule has 3 heteroatoms. The number of rotatable bonds is 4. The number of hydrogen-bond donors (Lipinski definition) is 1. The van der Waals surface area contributed by atoms with Crippen molar-refractivity contribution in [2.24, 2.45) is 0 Å². The molecule has 0 aliphatic heterocycles. The van der Waals surface area contributed by atoms with Gasteiger partial charge in [0.1, 0.15) is 0 Å². The Hall–Kier alpha value is -2.16. The smallest absolute Gasteiger partial charge is 0.337 e. The summed E-state index contributed by atoms with van der Waals surface area (Å²) in [6, 6.07) is 3.14. The van der Waals surface area contributed by atoms with Crippen molar-refractivity contribution in [3.8, 4) is 0 Å². The Morgan fingerprint density at radius 1 is 1.40 bits per heavy atom. The van der Waals surface area contributed by atoms with Crippen LogP contribution in [0, 0.1) is 0 Å². The number of nitrogens with zero attached hydrogens (tertiary/aromatic N) is 1. The highest BCUT2D eigenvalue weighted by atomic mass is 16.4. The van der Waals surface area contributed by atoms with Gasteiger partial charge in [-0.1, -0.05) is 31.4 Å². The average Bonchev–Trinajstić information content (AvgIpc) is 2.26. The topological polar surface area (TPSA) is 50.2 Å². The number of allylic oxidation sites excluding steroid dienone is 4. The third-order valence-corrected chi connectivity index (χ3v) is 1.82. The van der Waals surface area contributed by atoms with Crippen LogP contribution in [-0.2, 0) is 0 Å². The van der Waals surface area contributed by atoms with E-state index in [1.54, 1.807) is 24.3 Å². The highest BCUT2D eigenvalue weighted by Crippen LogP contribution is 2.13. The largest absolute Gasteiger partial charge is 0.478 e. The fourth-order valence-electron chi connectivity index (χ4n) is 1.08. The van der Waals surface area contributed by atoms with Crippen LogP contribution in [0.4, 0.5) is 0 Å². The van der Waals surface area contributed by atoms with Gasteiger partial charge < -0.3 is 5.11 Å². The number of carboxylic acids is 1. The van der Waals surface area contributed by atoms with Gasteiger partial charge in [-0.25, -0.2) is 4.79 Å². The van der Waals surface area contributed by atoms with Crippen molar-refractivity contribution in [2.45, 2.75) is 0 Å². The highest BCUT2D eigenvalue weighted by Gasteiger charge is 2.03. The molecular weight excluding hydrogens is 190 g/mol. The van der Waals surface area contributed by atoms with Crippen molar-refractivity contribution in [3.05, 3.63) is 61.0 Å². The maximum atomic E-state index is 10.6. The normalized spacial score (nSPS) is 10.8. The predicted octanol–water partition coefficient (Wildman–Crippen LogP) is 2.54. The molecule has 3 nitrogen and oxygen atoms in total. The number of aromatic nitrogens is 1. The average molecular weight is 201 g/mol. The molecular formula is C12H11NO2. The summed E-state index contributed by atoms with van der Waals surface area (Å²) >= 11 is 0. The Bertz CT molecular complexity index is 416. The second-order valence-electron chi connectivity index (χ2n) is 2.80. The number of carboxylic acid groups (broad SMARTS) is 1. The number of hydrogen-bond acceptors (Lipinski definition) is 2. The second-order valence-corrected chi connectivity index (χ2v) is 2.80. The van der Waals surface area contributed by atoms with Crippen LogP contribution in [0.3, 0.4) is 0 Å². The van der Waals surface area contributed by atoms with Crippen molar-refractivity contribution < 1.29 is 9.90 Å². The summed E-state index contributed by atoms with van der Waals surface area (Å²) in [7, 11) is 0. The lowest BCUT2D eigenvalue weighted by Crippen LogP contribution is -1.97. The summed E-state index contributed by atoms with van der Waals surface area (Å²) in [6.45, 7) is 7.21. The molecule has 1 aromatic rings. The van der Waals surface area contributed by atoms with Crippen molar-refractivity contribution in [1.29, 1.82) is 0 Å². The summed E-state index contributed by atoms with van der Waals surface area (Å²) in [5, 5.41) is 8.68. The maximum Gasteiger partial charge on any atom is 0.337 e. The molecule has 0 saturated carbocycles. The summed E-state index contributed by atoms with van der Waals surface area (Å²) in [6.07, 6.45) is 6.35. The quantitative estimate of drug-likeness (QED) is 0.761. The zero-order valence-electron chi connectivity index (χ0n) is 8.18. The van der Waals surface area contributed by atoms with E-state index in [9.17, 15) is 4.79 Å². The third kappa shape index (κ3) is 2.64. The van der Waals surface area contributed by atoms with Crippen LogP contribution in [0.2, 0.25) is 0 Å². The van der Waals surface area contributed by atoms with Gasteiger partial charge in [0.05, 0.1) is 11.3 Å². The van der Waals surface area contributed by atoms with E-state index in [4.69, 9.17) is 5.11 Å². The molecule has 0 saturated heterocycles. The van der Waals surface area contributed by atoms with Crippen LogP contribution in [0.1, 0.15) is 16.1 Å². The fraction of sp³-hybridized carbons (Fsp3) is 0. The Kier molecular flexibility index (Phi) is 3.57. The minimum atomic E-state index is -0.984. The lowest BCUT2D eigenvalue weighted by molar-refractivity contribution is 0.0696. The standard InChI is InChI=1S/C12H11NO2/c1-3-5-9(4-2)11-7-6-10(8-13-11)12(14)15/h3-8H,1-2H2,(H,14,15)/b9-5+. The molecule has 0 amide bonds. The van der Waals surface area contributed by atoms with E-state index in [2.05, 4.69) is 18.1 Å². The molecule has 1 rings (SSSR count). The Balaban J connectivity index is 3.07. The lowest BCUT2D eigenvalue weighted by Gasteiger charge is -2.00. The molecule has 0 aromatic carbocycles. The van der Waals surface area contributed by atoms with Crippen molar-refractivity contribution >= 4 is 11.5 Å². The van der Waals surface area contributed by atoms with Gasteiger partial charge in [-0.3, -0.25) is 4.98 Å². The maximum absolute atomic E-state index is 10.6. The molecule has 0 radical (unpaired) electrons. The molecule has 0 spiro atoms. The van der Waals surface area contributed by atoms with Crippen LogP contribution in [0.5, 0.6) is 0 Å². The van der Waals surface area contributed by atoms with E-state index in [1.165, 1.54) is 12.3 Å². The lowest BCUT2D eigenvalue weighted by atomic mass is 10.1. The van der Waals surface area contributed by atoms with Gasteiger partial charge in [-0.2, -0.15) is 0 Å². The van der Waals surface area contributed by atoms with E-state index >= 15 is 0 Å². The first kappa shape index (κ1) is 10.9. The monoisotopic (exact) mass is 201 g/mol. The predicted molar refractivity (Wildman–Crippen MR) is 59.6 cm³/mol. The highest BCUT2D eigenvalue weighted by molar-refractivity contribution is 5.87. The molecule has 0 fully saturated rings. The minimum absolute atomic E-state index is 0.167. The molecule has 15 heavy (non-hydrogen) atoms. The summed E-state index contributed by atoms with van der Waals surface area (Å²) in [5.41, 5.74) is 1.65. The van der Waals surface area contributed by atoms with Crippen LogP contribution >= 0.6 is 0 Å². The van der Waals surface area contributed by atoms with Crippen LogP contribution in [0.25, 0.3) is 5.57 Å². The van der Waals surface area contributed by atoms with Gasteiger partial charge in [0, 0.05) is 6.20 Å². The molecule has 1 N–H and O–H groups in total. The number of pyridine rings is 1. The van der Waals surface area contributed by atoms with Crippen LogP contribution in [0.15, 0.2) is 49.7 Å². The Morgan fingerprint density at radius 2 is 2.13 bits per heavy atom. The summed E-state index contributed by atoms with van der Waals surface area (Å²) in [5.74, 6) is -0.984. The molecule has 0 aliphatic carbocycles. The molecule has 1 heterocycles. The first-order valence-corrected chi connectivity index (χ1v) is 4.34. The molecule has 0 unspecified atom stereocenters. The van der Waals surface area contributed by atoms with E-state index < -0.39 is 5.97 Å². The van der Waals surface area contributed by atoms with Gasteiger partial charge in [0.25, 0.3) is 0 Å². The number of aromatic carboxylic acids is 1. The first-order valence-electron chi connectivity index (χ1n) is 4.34. The van der Waals surface area contributed by atoms with Crippen molar-refractivity contribution in [1.82, 2.24) is 4.98 Å². The van der Waals surface area contributed by atoms with E-state index in [0.717, 1.165) is 5.57 Å². The summed E-state index contributed by atoms with van der Waals surface area (Å²) < 4.78 is 0. The number of carbonyl (C=O) groups is 1. The zero-order valence-corrected chi connectivity index (χ0v) is 8.18. The zero-order chi connectivity index (χ0) is 11.3. The Labute approximate surface area is 88.1 Å². The third-order valence-electron chi connectivity index (χ3n) is 1.82. The fourth-order valence-corrected chi connectivity index (χ4v) is 1.08. The molecule has 1 aromatic heterocycles. The second kappa shape index (κ2) is 4.91. The molecule has 76 valence electrons. The molecule has 0 bridgehead atoms. The van der Waals surface area contributed by atoms with E-state index in [-0.39, 0.29) is 5.56 Å².